The van der Waals surface area contributed by atoms with Crippen LogP contribution in [0.4, 0.5) is 5.69 Å². The van der Waals surface area contributed by atoms with Gasteiger partial charge in [-0.25, -0.2) is 0 Å². The van der Waals surface area contributed by atoms with Gasteiger partial charge in [0.1, 0.15) is 5.57 Å². The zero-order chi connectivity index (χ0) is 16.4. The molecule has 0 saturated carbocycles. The Kier molecular flexibility index (Phi) is 4.63. The van der Waals surface area contributed by atoms with Crippen LogP contribution in [0.2, 0.25) is 5.02 Å². The Balaban J connectivity index is 1.90. The first kappa shape index (κ1) is 16.0. The van der Waals surface area contributed by atoms with E-state index in [1.165, 1.54) is 11.3 Å². The highest BCUT2D eigenvalue weighted by Gasteiger charge is 2.35. The van der Waals surface area contributed by atoms with Crippen molar-refractivity contribution in [2.75, 3.05) is 18.0 Å². The molecule has 0 aliphatic carbocycles. The number of amides is 2. The van der Waals surface area contributed by atoms with Crippen LogP contribution in [-0.4, -0.2) is 34.9 Å². The molecule has 2 heterocycles. The summed E-state index contributed by atoms with van der Waals surface area (Å²) in [7, 11) is 0. The first-order valence-corrected chi connectivity index (χ1v) is 8.26. The van der Waals surface area contributed by atoms with Crippen LogP contribution in [0.3, 0.4) is 0 Å². The number of hydrogen-bond donors (Lipinski definition) is 1. The molecule has 0 spiro atoms. The van der Waals surface area contributed by atoms with Crippen LogP contribution in [0.25, 0.3) is 0 Å². The molecule has 0 atom stereocenters. The fourth-order valence-electron chi connectivity index (χ4n) is 2.70. The van der Waals surface area contributed by atoms with Gasteiger partial charge >= 0.3 is 0 Å². The van der Waals surface area contributed by atoms with E-state index in [9.17, 15) is 9.59 Å². The SMILES string of the molecule is O=C1NC(=S)N(c2ccc(Cl)cc2)C(=O)C1=CN1CCCCC1. The summed E-state index contributed by atoms with van der Waals surface area (Å²) in [4.78, 5) is 28.3. The lowest BCUT2D eigenvalue weighted by atomic mass is 10.1. The van der Waals surface area contributed by atoms with Crippen molar-refractivity contribution in [3.05, 3.63) is 41.1 Å². The van der Waals surface area contributed by atoms with Crippen molar-refractivity contribution in [2.24, 2.45) is 0 Å². The third kappa shape index (κ3) is 3.38. The number of piperidine rings is 1. The number of halogens is 1. The molecule has 0 radical (unpaired) electrons. The molecule has 1 aromatic rings. The van der Waals surface area contributed by atoms with Gasteiger partial charge in [0.15, 0.2) is 5.11 Å². The summed E-state index contributed by atoms with van der Waals surface area (Å²) in [6.45, 7) is 1.71. The average Bonchev–Trinajstić information content (AvgIpc) is 2.54. The molecule has 0 bridgehead atoms. The van der Waals surface area contributed by atoms with Crippen molar-refractivity contribution < 1.29 is 9.59 Å². The van der Waals surface area contributed by atoms with Crippen LogP contribution in [0, 0.1) is 0 Å². The molecule has 2 saturated heterocycles. The highest BCUT2D eigenvalue weighted by molar-refractivity contribution is 7.80. The van der Waals surface area contributed by atoms with Crippen molar-refractivity contribution >= 4 is 46.4 Å². The number of likely N-dealkylation sites (tertiary alicyclic amines) is 1. The van der Waals surface area contributed by atoms with Crippen LogP contribution in [-0.2, 0) is 9.59 Å². The predicted octanol–water partition coefficient (Wildman–Crippen LogP) is 2.46. The van der Waals surface area contributed by atoms with Crippen LogP contribution >= 0.6 is 23.8 Å². The number of thiocarbonyl (C=S) groups is 1. The zero-order valence-corrected chi connectivity index (χ0v) is 14.0. The number of rotatable bonds is 2. The summed E-state index contributed by atoms with van der Waals surface area (Å²) in [5.41, 5.74) is 0.685. The van der Waals surface area contributed by atoms with Crippen molar-refractivity contribution in [2.45, 2.75) is 19.3 Å². The number of hydrogen-bond acceptors (Lipinski definition) is 4. The third-order valence-corrected chi connectivity index (χ3v) is 4.43. The number of nitrogens with one attached hydrogen (secondary N) is 1. The lowest BCUT2D eigenvalue weighted by Crippen LogP contribution is -2.54. The Morgan fingerprint density at radius 2 is 1.74 bits per heavy atom. The lowest BCUT2D eigenvalue weighted by Gasteiger charge is -2.31. The van der Waals surface area contributed by atoms with E-state index in [2.05, 4.69) is 5.32 Å². The van der Waals surface area contributed by atoms with Gasteiger partial charge in [0.2, 0.25) is 0 Å². The van der Waals surface area contributed by atoms with E-state index in [-0.39, 0.29) is 10.7 Å². The molecule has 1 N–H and O–H groups in total. The predicted molar refractivity (Wildman–Crippen MR) is 93.2 cm³/mol. The fraction of sp³-hybridized carbons (Fsp3) is 0.312. The van der Waals surface area contributed by atoms with Crippen molar-refractivity contribution in [1.29, 1.82) is 0 Å². The molecule has 1 aromatic carbocycles. The topological polar surface area (TPSA) is 52.7 Å². The lowest BCUT2D eigenvalue weighted by molar-refractivity contribution is -0.122. The third-order valence-electron chi connectivity index (χ3n) is 3.89. The van der Waals surface area contributed by atoms with Crippen LogP contribution in [0.5, 0.6) is 0 Å². The summed E-state index contributed by atoms with van der Waals surface area (Å²) in [5.74, 6) is -0.859. The van der Waals surface area contributed by atoms with Gasteiger partial charge in [0, 0.05) is 24.3 Å². The monoisotopic (exact) mass is 349 g/mol. The van der Waals surface area contributed by atoms with Gasteiger partial charge in [-0.05, 0) is 55.7 Å². The van der Waals surface area contributed by atoms with E-state index >= 15 is 0 Å². The largest absolute Gasteiger partial charge is 0.377 e. The van der Waals surface area contributed by atoms with Crippen molar-refractivity contribution in [3.63, 3.8) is 0 Å². The number of benzene rings is 1. The second kappa shape index (κ2) is 6.68. The van der Waals surface area contributed by atoms with Crippen LogP contribution in [0.1, 0.15) is 19.3 Å². The second-order valence-electron chi connectivity index (χ2n) is 5.52. The first-order valence-electron chi connectivity index (χ1n) is 7.47. The fourth-order valence-corrected chi connectivity index (χ4v) is 3.11. The molecule has 0 unspecified atom stereocenters. The Morgan fingerprint density at radius 3 is 2.39 bits per heavy atom. The van der Waals surface area contributed by atoms with Gasteiger partial charge in [0.25, 0.3) is 11.8 Å². The van der Waals surface area contributed by atoms with Gasteiger partial charge in [-0.1, -0.05) is 11.6 Å². The molecule has 0 aromatic heterocycles. The van der Waals surface area contributed by atoms with E-state index in [1.807, 2.05) is 4.90 Å². The van der Waals surface area contributed by atoms with E-state index < -0.39 is 11.8 Å². The van der Waals surface area contributed by atoms with Gasteiger partial charge < -0.3 is 4.90 Å². The maximum Gasteiger partial charge on any atom is 0.271 e. The second-order valence-corrected chi connectivity index (χ2v) is 6.34. The Hall–Kier alpha value is -1.92. The smallest absolute Gasteiger partial charge is 0.271 e. The normalized spacial score (nSPS) is 20.9. The summed E-state index contributed by atoms with van der Waals surface area (Å²) >= 11 is 11.0. The van der Waals surface area contributed by atoms with Gasteiger partial charge in [-0.15, -0.1) is 0 Å². The molecule has 2 fully saturated rings. The molecular formula is C16H16ClN3O2S. The molecule has 3 rings (SSSR count). The van der Waals surface area contributed by atoms with Gasteiger partial charge in [-0.2, -0.15) is 0 Å². The first-order chi connectivity index (χ1) is 11.1. The van der Waals surface area contributed by atoms with E-state index in [4.69, 9.17) is 23.8 Å². The van der Waals surface area contributed by atoms with Gasteiger partial charge in [0.05, 0.1) is 5.69 Å². The Morgan fingerprint density at radius 1 is 1.09 bits per heavy atom. The minimum absolute atomic E-state index is 0.0816. The standard InChI is InChI=1S/C16H16ClN3O2S/c17-11-4-6-12(7-5-11)20-15(22)13(14(21)18-16(20)23)10-19-8-2-1-3-9-19/h4-7,10H,1-3,8-9H2,(H,18,21,23). The molecule has 2 aliphatic rings. The minimum atomic E-state index is -0.448. The maximum atomic E-state index is 12.8. The van der Waals surface area contributed by atoms with Crippen LogP contribution in [0.15, 0.2) is 36.0 Å². The van der Waals surface area contributed by atoms with E-state index in [1.54, 1.807) is 30.5 Å². The van der Waals surface area contributed by atoms with Crippen LogP contribution < -0.4 is 10.2 Å². The highest BCUT2D eigenvalue weighted by Crippen LogP contribution is 2.23. The van der Waals surface area contributed by atoms with E-state index in [0.717, 1.165) is 25.9 Å². The molecule has 2 amide bonds. The number of carbonyl (C=O) groups is 2. The molecule has 23 heavy (non-hydrogen) atoms. The quantitative estimate of drug-likeness (QED) is 0.506. The molecule has 120 valence electrons. The molecular weight excluding hydrogens is 334 g/mol. The number of anilines is 1. The molecule has 5 nitrogen and oxygen atoms in total. The van der Waals surface area contributed by atoms with Gasteiger partial charge in [-0.3, -0.25) is 19.8 Å². The van der Waals surface area contributed by atoms with Crippen molar-refractivity contribution in [1.82, 2.24) is 10.2 Å². The number of carbonyl (C=O) groups excluding carboxylic acids is 2. The summed E-state index contributed by atoms with van der Waals surface area (Å²) in [6.07, 6.45) is 4.97. The Bertz CT molecular complexity index is 681. The molecule has 7 heteroatoms. The van der Waals surface area contributed by atoms with Crippen molar-refractivity contribution in [3.8, 4) is 0 Å². The molecule has 2 aliphatic heterocycles. The zero-order valence-electron chi connectivity index (χ0n) is 12.4. The highest BCUT2D eigenvalue weighted by atomic mass is 35.5. The Labute approximate surface area is 144 Å². The summed E-state index contributed by atoms with van der Waals surface area (Å²) < 4.78 is 0. The number of nitrogens with zero attached hydrogens (tertiary/aromatic N) is 2. The average molecular weight is 350 g/mol. The summed E-state index contributed by atoms with van der Waals surface area (Å²) in [5, 5.41) is 3.23. The van der Waals surface area contributed by atoms with E-state index in [0.29, 0.717) is 10.7 Å². The minimum Gasteiger partial charge on any atom is -0.377 e. The summed E-state index contributed by atoms with van der Waals surface area (Å²) in [6, 6.07) is 6.75. The maximum absolute atomic E-state index is 12.8.